The normalized spacial score (nSPS) is 12.1. The minimum absolute atomic E-state index is 0.00659. The monoisotopic (exact) mass is 254 g/mol. The molecule has 0 spiro atoms. The molecule has 1 atom stereocenters. The van der Waals surface area contributed by atoms with Crippen molar-refractivity contribution in [3.8, 4) is 0 Å². The fourth-order valence-electron chi connectivity index (χ4n) is 1.39. The van der Waals surface area contributed by atoms with Crippen LogP contribution in [0.15, 0.2) is 29.4 Å². The Bertz CT molecular complexity index is 333. The fraction of sp³-hybridized carbons (Fsp3) is 0.500. The number of thioether (sulfide) groups is 1. The van der Waals surface area contributed by atoms with Crippen molar-refractivity contribution >= 4 is 17.7 Å². The first kappa shape index (κ1) is 14.0. The zero-order chi connectivity index (χ0) is 12.5. The molecule has 0 aliphatic heterocycles. The Kier molecular flexibility index (Phi) is 6.65. The summed E-state index contributed by atoms with van der Waals surface area (Å²) >= 11 is 1.48. The fourth-order valence-corrected chi connectivity index (χ4v) is 2.08. The molecular formula is C12H18N2O2S. The molecule has 1 amide bonds. The molecule has 0 radical (unpaired) electrons. The lowest BCUT2D eigenvalue weighted by Gasteiger charge is -2.15. The maximum Gasteiger partial charge on any atom is 0.230 e. The molecule has 0 aliphatic rings. The number of carbonyl (C=O) groups is 1. The zero-order valence-electron chi connectivity index (χ0n) is 9.93. The number of aliphatic hydroxyl groups excluding tert-OH is 1. The molecule has 0 aliphatic carbocycles. The third-order valence-electron chi connectivity index (χ3n) is 2.36. The molecule has 2 N–H and O–H groups in total. The van der Waals surface area contributed by atoms with Gasteiger partial charge in [0.25, 0.3) is 0 Å². The third kappa shape index (κ3) is 5.70. The van der Waals surface area contributed by atoms with Crippen LogP contribution in [0, 0.1) is 0 Å². The number of carbonyl (C=O) groups excluding carboxylic acids is 1. The molecule has 0 aromatic carbocycles. The van der Waals surface area contributed by atoms with Crippen molar-refractivity contribution in [3.63, 3.8) is 0 Å². The number of pyridine rings is 1. The van der Waals surface area contributed by atoms with Crippen LogP contribution in [0.4, 0.5) is 0 Å². The third-order valence-corrected chi connectivity index (χ3v) is 3.37. The smallest absolute Gasteiger partial charge is 0.230 e. The molecule has 1 aromatic rings. The molecule has 1 unspecified atom stereocenters. The number of nitrogens with one attached hydrogen (secondary N) is 1. The van der Waals surface area contributed by atoms with Gasteiger partial charge in [0.15, 0.2) is 0 Å². The number of hydrogen-bond acceptors (Lipinski definition) is 4. The van der Waals surface area contributed by atoms with Crippen molar-refractivity contribution in [2.45, 2.75) is 30.7 Å². The topological polar surface area (TPSA) is 62.2 Å². The van der Waals surface area contributed by atoms with Crippen LogP contribution in [0.2, 0.25) is 0 Å². The second-order valence-corrected chi connectivity index (χ2v) is 4.71. The van der Waals surface area contributed by atoms with Gasteiger partial charge in [-0.15, -0.1) is 11.8 Å². The maximum absolute atomic E-state index is 11.6. The number of nitrogens with zero attached hydrogens (tertiary/aromatic N) is 1. The summed E-state index contributed by atoms with van der Waals surface area (Å²) in [4.78, 5) is 16.6. The van der Waals surface area contributed by atoms with Crippen molar-refractivity contribution in [2.24, 2.45) is 0 Å². The highest BCUT2D eigenvalue weighted by atomic mass is 32.2. The van der Waals surface area contributed by atoms with Gasteiger partial charge in [0.1, 0.15) is 0 Å². The summed E-state index contributed by atoms with van der Waals surface area (Å²) < 4.78 is 0. The first-order valence-corrected chi connectivity index (χ1v) is 6.67. The molecule has 0 saturated heterocycles. The minimum Gasteiger partial charge on any atom is -0.396 e. The van der Waals surface area contributed by atoms with Crippen molar-refractivity contribution in [1.82, 2.24) is 10.3 Å². The van der Waals surface area contributed by atoms with E-state index in [0.717, 1.165) is 11.3 Å². The highest BCUT2D eigenvalue weighted by molar-refractivity contribution is 8.00. The van der Waals surface area contributed by atoms with Crippen LogP contribution in [0.5, 0.6) is 0 Å². The molecule has 1 rings (SSSR count). The molecule has 5 heteroatoms. The number of amides is 1. The van der Waals surface area contributed by atoms with Crippen LogP contribution in [-0.4, -0.2) is 34.4 Å². The van der Waals surface area contributed by atoms with Crippen LogP contribution in [0.25, 0.3) is 0 Å². The summed E-state index contributed by atoms with van der Waals surface area (Å²) in [7, 11) is 0. The SMILES string of the molecule is CCC(CCO)NC(=O)CSc1ccncc1. The van der Waals surface area contributed by atoms with E-state index in [9.17, 15) is 4.79 Å². The second kappa shape index (κ2) is 8.08. The van der Waals surface area contributed by atoms with E-state index in [0.29, 0.717) is 12.2 Å². The largest absolute Gasteiger partial charge is 0.396 e. The number of aliphatic hydroxyl groups is 1. The van der Waals surface area contributed by atoms with E-state index in [1.807, 2.05) is 19.1 Å². The maximum atomic E-state index is 11.6. The highest BCUT2D eigenvalue weighted by Gasteiger charge is 2.09. The van der Waals surface area contributed by atoms with E-state index in [2.05, 4.69) is 10.3 Å². The first-order chi connectivity index (χ1) is 8.26. The van der Waals surface area contributed by atoms with E-state index >= 15 is 0 Å². The van der Waals surface area contributed by atoms with Gasteiger partial charge >= 0.3 is 0 Å². The summed E-state index contributed by atoms with van der Waals surface area (Å²) in [5.74, 6) is 0.401. The molecule has 0 fully saturated rings. The van der Waals surface area contributed by atoms with Gasteiger partial charge in [-0.3, -0.25) is 9.78 Å². The molecule has 4 nitrogen and oxygen atoms in total. The average molecular weight is 254 g/mol. The molecule has 94 valence electrons. The van der Waals surface area contributed by atoms with Gasteiger partial charge in [-0.05, 0) is 25.0 Å². The number of rotatable bonds is 7. The predicted octanol–water partition coefficient (Wildman–Crippen LogP) is 1.45. The van der Waals surface area contributed by atoms with Crippen molar-refractivity contribution in [1.29, 1.82) is 0 Å². The lowest BCUT2D eigenvalue weighted by molar-refractivity contribution is -0.119. The van der Waals surface area contributed by atoms with Gasteiger partial charge in [-0.2, -0.15) is 0 Å². The van der Waals surface area contributed by atoms with Crippen LogP contribution < -0.4 is 5.32 Å². The quantitative estimate of drug-likeness (QED) is 0.723. The Hall–Kier alpha value is -1.07. The van der Waals surface area contributed by atoms with Gasteiger partial charge in [-0.25, -0.2) is 0 Å². The lowest BCUT2D eigenvalue weighted by Crippen LogP contribution is -2.36. The van der Waals surface area contributed by atoms with E-state index in [-0.39, 0.29) is 18.6 Å². The van der Waals surface area contributed by atoms with Crippen molar-refractivity contribution < 1.29 is 9.90 Å². The zero-order valence-corrected chi connectivity index (χ0v) is 10.7. The van der Waals surface area contributed by atoms with Gasteiger partial charge in [-0.1, -0.05) is 6.92 Å². The van der Waals surface area contributed by atoms with E-state index in [1.165, 1.54) is 11.8 Å². The summed E-state index contributed by atoms with van der Waals surface area (Å²) in [5, 5.41) is 11.7. The standard InChI is InChI=1S/C12H18N2O2S/c1-2-10(5-8-15)14-12(16)9-17-11-3-6-13-7-4-11/h3-4,6-7,10,15H,2,5,8-9H2,1H3,(H,14,16). The Labute approximate surface area is 106 Å². The van der Waals surface area contributed by atoms with Crippen molar-refractivity contribution in [2.75, 3.05) is 12.4 Å². The first-order valence-electron chi connectivity index (χ1n) is 5.69. The van der Waals surface area contributed by atoms with E-state index in [1.54, 1.807) is 12.4 Å². The van der Waals surface area contributed by atoms with Crippen molar-refractivity contribution in [3.05, 3.63) is 24.5 Å². The minimum atomic E-state index is 0.00659. The Morgan fingerprint density at radius 3 is 2.82 bits per heavy atom. The molecule has 17 heavy (non-hydrogen) atoms. The second-order valence-electron chi connectivity index (χ2n) is 3.66. The molecular weight excluding hydrogens is 236 g/mol. The highest BCUT2D eigenvalue weighted by Crippen LogP contribution is 2.15. The summed E-state index contributed by atoms with van der Waals surface area (Å²) in [6, 6.07) is 3.83. The predicted molar refractivity (Wildman–Crippen MR) is 68.9 cm³/mol. The molecule has 0 saturated carbocycles. The van der Waals surface area contributed by atoms with Gasteiger partial charge in [0.2, 0.25) is 5.91 Å². The summed E-state index contributed by atoms with van der Waals surface area (Å²) in [6.07, 6.45) is 4.87. The van der Waals surface area contributed by atoms with E-state index in [4.69, 9.17) is 5.11 Å². The Morgan fingerprint density at radius 2 is 2.24 bits per heavy atom. The van der Waals surface area contributed by atoms with Crippen LogP contribution in [0.1, 0.15) is 19.8 Å². The average Bonchev–Trinajstić information content (AvgIpc) is 2.37. The van der Waals surface area contributed by atoms with Gasteiger partial charge in [0, 0.05) is 29.9 Å². The van der Waals surface area contributed by atoms with Gasteiger partial charge < -0.3 is 10.4 Å². The van der Waals surface area contributed by atoms with Crippen LogP contribution in [-0.2, 0) is 4.79 Å². The Morgan fingerprint density at radius 1 is 1.53 bits per heavy atom. The molecule has 1 aromatic heterocycles. The number of aromatic nitrogens is 1. The Balaban J connectivity index is 2.30. The van der Waals surface area contributed by atoms with Crippen LogP contribution >= 0.6 is 11.8 Å². The molecule has 1 heterocycles. The van der Waals surface area contributed by atoms with E-state index < -0.39 is 0 Å². The number of hydrogen-bond donors (Lipinski definition) is 2. The van der Waals surface area contributed by atoms with Crippen LogP contribution in [0.3, 0.4) is 0 Å². The lowest BCUT2D eigenvalue weighted by atomic mass is 10.1. The summed E-state index contributed by atoms with van der Waals surface area (Å²) in [5.41, 5.74) is 0. The summed E-state index contributed by atoms with van der Waals surface area (Å²) in [6.45, 7) is 2.10. The molecule has 0 bridgehead atoms. The van der Waals surface area contributed by atoms with Gasteiger partial charge in [0.05, 0.1) is 5.75 Å².